The lowest BCUT2D eigenvalue weighted by Crippen LogP contribution is -2.06. The van der Waals surface area contributed by atoms with Gasteiger partial charge in [0.15, 0.2) is 5.78 Å². The highest BCUT2D eigenvalue weighted by molar-refractivity contribution is 5.97. The minimum Gasteiger partial charge on any atom is -0.294 e. The van der Waals surface area contributed by atoms with Gasteiger partial charge in [-0.3, -0.25) is 9.48 Å². The molecule has 3 heteroatoms. The molecule has 0 N–H and O–H groups in total. The molecule has 0 bridgehead atoms. The number of hydrogen-bond acceptors (Lipinski definition) is 2. The van der Waals surface area contributed by atoms with Gasteiger partial charge in [0.25, 0.3) is 0 Å². The van der Waals surface area contributed by atoms with Crippen molar-refractivity contribution in [2.45, 2.75) is 47.6 Å². The minimum absolute atomic E-state index is 0.173. The molecule has 0 amide bonds. The largest absolute Gasteiger partial charge is 0.294 e. The van der Waals surface area contributed by atoms with E-state index in [9.17, 15) is 4.79 Å². The van der Waals surface area contributed by atoms with Crippen LogP contribution in [0.5, 0.6) is 0 Å². The molecule has 0 aliphatic carbocycles. The molecular weight excluding hydrogens is 248 g/mol. The fourth-order valence-electron chi connectivity index (χ4n) is 2.76. The van der Waals surface area contributed by atoms with Gasteiger partial charge in [-0.15, -0.1) is 0 Å². The summed E-state index contributed by atoms with van der Waals surface area (Å²) in [5.74, 6) is 0.173. The predicted octanol–water partition coefficient (Wildman–Crippen LogP) is 3.76. The summed E-state index contributed by atoms with van der Waals surface area (Å²) in [5, 5.41) is 4.53. The molecular formula is C17H22N2O. The van der Waals surface area contributed by atoms with Gasteiger partial charge in [-0.05, 0) is 33.3 Å². The van der Waals surface area contributed by atoms with Gasteiger partial charge in [-0.1, -0.05) is 36.2 Å². The van der Waals surface area contributed by atoms with Crippen molar-refractivity contribution in [3.8, 4) is 0 Å². The highest BCUT2D eigenvalue weighted by Crippen LogP contribution is 2.17. The standard InChI is InChI=1S/C17H22N2O/c1-6-16(20)17-13(4)18-19(14(17)5)10-15-8-11(2)7-12(3)9-15/h7-9H,6,10H2,1-5H3. The number of aromatic nitrogens is 2. The van der Waals surface area contributed by atoms with Gasteiger partial charge in [-0.25, -0.2) is 0 Å². The third kappa shape index (κ3) is 2.82. The number of ketones is 1. The first-order valence-electron chi connectivity index (χ1n) is 7.06. The predicted molar refractivity (Wildman–Crippen MR) is 81.3 cm³/mol. The highest BCUT2D eigenvalue weighted by atomic mass is 16.1. The zero-order valence-corrected chi connectivity index (χ0v) is 12.9. The van der Waals surface area contributed by atoms with Gasteiger partial charge in [-0.2, -0.15) is 5.10 Å². The topological polar surface area (TPSA) is 34.9 Å². The average Bonchev–Trinajstić information content (AvgIpc) is 2.62. The number of hydrogen-bond donors (Lipinski definition) is 0. The summed E-state index contributed by atoms with van der Waals surface area (Å²) in [5.41, 5.74) is 6.32. The number of carbonyl (C=O) groups is 1. The van der Waals surface area contributed by atoms with E-state index < -0.39 is 0 Å². The van der Waals surface area contributed by atoms with E-state index in [0.717, 1.165) is 17.0 Å². The first kappa shape index (κ1) is 14.5. The monoisotopic (exact) mass is 270 g/mol. The van der Waals surface area contributed by atoms with Gasteiger partial charge in [0, 0.05) is 12.1 Å². The second-order valence-electron chi connectivity index (χ2n) is 5.48. The molecule has 0 saturated carbocycles. The number of rotatable bonds is 4. The number of aryl methyl sites for hydroxylation is 3. The molecule has 1 aromatic carbocycles. The Labute approximate surface area is 120 Å². The maximum Gasteiger partial charge on any atom is 0.166 e. The van der Waals surface area contributed by atoms with Crippen LogP contribution < -0.4 is 0 Å². The molecule has 106 valence electrons. The van der Waals surface area contributed by atoms with Crippen LogP contribution in [0.3, 0.4) is 0 Å². The van der Waals surface area contributed by atoms with E-state index in [0.29, 0.717) is 13.0 Å². The lowest BCUT2D eigenvalue weighted by molar-refractivity contribution is 0.0987. The van der Waals surface area contributed by atoms with E-state index >= 15 is 0 Å². The van der Waals surface area contributed by atoms with Crippen molar-refractivity contribution in [2.24, 2.45) is 0 Å². The van der Waals surface area contributed by atoms with Crippen LogP contribution in [0, 0.1) is 27.7 Å². The lowest BCUT2D eigenvalue weighted by Gasteiger charge is -2.07. The molecule has 0 aliphatic heterocycles. The Morgan fingerprint density at radius 3 is 2.25 bits per heavy atom. The van der Waals surface area contributed by atoms with Gasteiger partial charge >= 0.3 is 0 Å². The van der Waals surface area contributed by atoms with Crippen molar-refractivity contribution in [3.63, 3.8) is 0 Å². The fraction of sp³-hybridized carbons (Fsp3) is 0.412. The van der Waals surface area contributed by atoms with Crippen LogP contribution in [0.25, 0.3) is 0 Å². The first-order chi connectivity index (χ1) is 9.42. The third-order valence-electron chi connectivity index (χ3n) is 3.60. The Morgan fingerprint density at radius 1 is 1.10 bits per heavy atom. The van der Waals surface area contributed by atoms with Crippen LogP contribution in [0.15, 0.2) is 18.2 Å². The smallest absolute Gasteiger partial charge is 0.166 e. The van der Waals surface area contributed by atoms with Crippen molar-refractivity contribution in [3.05, 3.63) is 51.8 Å². The number of Topliss-reactive ketones (excluding diaryl/α,β-unsaturated/α-hetero) is 1. The van der Waals surface area contributed by atoms with Crippen LogP contribution >= 0.6 is 0 Å². The van der Waals surface area contributed by atoms with E-state index in [-0.39, 0.29) is 5.78 Å². The van der Waals surface area contributed by atoms with Crippen LogP contribution in [0.1, 0.15) is 51.8 Å². The number of carbonyl (C=O) groups excluding carboxylic acids is 1. The van der Waals surface area contributed by atoms with Gasteiger partial charge < -0.3 is 0 Å². The van der Waals surface area contributed by atoms with Crippen LogP contribution in [0.2, 0.25) is 0 Å². The molecule has 3 nitrogen and oxygen atoms in total. The van der Waals surface area contributed by atoms with Crippen molar-refractivity contribution in [1.29, 1.82) is 0 Å². The Balaban J connectivity index is 2.37. The zero-order valence-electron chi connectivity index (χ0n) is 12.9. The minimum atomic E-state index is 0.173. The summed E-state index contributed by atoms with van der Waals surface area (Å²) in [7, 11) is 0. The first-order valence-corrected chi connectivity index (χ1v) is 7.06. The van der Waals surface area contributed by atoms with E-state index in [1.165, 1.54) is 16.7 Å². The maximum atomic E-state index is 12.0. The van der Waals surface area contributed by atoms with Crippen molar-refractivity contribution in [2.75, 3.05) is 0 Å². The molecule has 2 rings (SSSR count). The van der Waals surface area contributed by atoms with Crippen LogP contribution in [0.4, 0.5) is 0 Å². The van der Waals surface area contributed by atoms with Crippen molar-refractivity contribution < 1.29 is 4.79 Å². The quantitative estimate of drug-likeness (QED) is 0.793. The fourth-order valence-corrected chi connectivity index (χ4v) is 2.76. The summed E-state index contributed by atoms with van der Waals surface area (Å²) in [6, 6.07) is 6.51. The molecule has 0 fully saturated rings. The molecule has 0 spiro atoms. The molecule has 1 heterocycles. The third-order valence-corrected chi connectivity index (χ3v) is 3.60. The normalized spacial score (nSPS) is 10.8. The lowest BCUT2D eigenvalue weighted by atomic mass is 10.1. The molecule has 0 unspecified atom stereocenters. The molecule has 1 aromatic heterocycles. The Bertz CT molecular complexity index is 633. The van der Waals surface area contributed by atoms with Gasteiger partial charge in [0.2, 0.25) is 0 Å². The summed E-state index contributed by atoms with van der Waals surface area (Å²) in [6.45, 7) is 10.7. The summed E-state index contributed by atoms with van der Waals surface area (Å²) in [4.78, 5) is 12.0. The Hall–Kier alpha value is -1.90. The highest BCUT2D eigenvalue weighted by Gasteiger charge is 2.17. The van der Waals surface area contributed by atoms with Crippen LogP contribution in [-0.4, -0.2) is 15.6 Å². The SMILES string of the molecule is CCC(=O)c1c(C)nn(Cc2cc(C)cc(C)c2)c1C. The average molecular weight is 270 g/mol. The van der Waals surface area contributed by atoms with E-state index in [2.05, 4.69) is 37.1 Å². The molecule has 0 atom stereocenters. The molecule has 20 heavy (non-hydrogen) atoms. The Morgan fingerprint density at radius 2 is 1.70 bits per heavy atom. The molecule has 0 radical (unpaired) electrons. The zero-order chi connectivity index (χ0) is 14.9. The van der Waals surface area contributed by atoms with Crippen molar-refractivity contribution >= 4 is 5.78 Å². The Kier molecular flexibility index (Phi) is 4.07. The van der Waals surface area contributed by atoms with Crippen LogP contribution in [-0.2, 0) is 6.54 Å². The second kappa shape index (κ2) is 5.61. The number of benzene rings is 1. The van der Waals surface area contributed by atoms with E-state index in [1.54, 1.807) is 0 Å². The van der Waals surface area contributed by atoms with Crippen molar-refractivity contribution in [1.82, 2.24) is 9.78 Å². The second-order valence-corrected chi connectivity index (χ2v) is 5.48. The van der Waals surface area contributed by atoms with E-state index in [1.807, 2.05) is 25.5 Å². The number of nitrogens with zero attached hydrogens (tertiary/aromatic N) is 2. The van der Waals surface area contributed by atoms with Gasteiger partial charge in [0.1, 0.15) is 0 Å². The van der Waals surface area contributed by atoms with E-state index in [4.69, 9.17) is 0 Å². The molecule has 0 saturated heterocycles. The summed E-state index contributed by atoms with van der Waals surface area (Å²) >= 11 is 0. The van der Waals surface area contributed by atoms with Gasteiger partial charge in [0.05, 0.1) is 17.8 Å². The summed E-state index contributed by atoms with van der Waals surface area (Å²) < 4.78 is 1.94. The molecule has 0 aliphatic rings. The summed E-state index contributed by atoms with van der Waals surface area (Å²) in [6.07, 6.45) is 0.525. The molecule has 2 aromatic rings. The maximum absolute atomic E-state index is 12.0.